The van der Waals surface area contributed by atoms with Crippen molar-refractivity contribution < 1.29 is 4.79 Å². The first-order valence-corrected chi connectivity index (χ1v) is 5.36. The number of fused-ring (bicyclic) bond motifs is 1. The van der Waals surface area contributed by atoms with Gasteiger partial charge in [-0.05, 0) is 24.6 Å². The van der Waals surface area contributed by atoms with E-state index in [1.165, 1.54) is 0 Å². The number of nitrogens with one attached hydrogen (secondary N) is 2. The zero-order chi connectivity index (χ0) is 11.5. The van der Waals surface area contributed by atoms with Crippen molar-refractivity contribution in [3.05, 3.63) is 23.8 Å². The number of hydrogen-bond acceptors (Lipinski definition) is 3. The second-order valence-corrected chi connectivity index (χ2v) is 3.85. The molecular formula is C12H13N3O. The summed E-state index contributed by atoms with van der Waals surface area (Å²) >= 11 is 0. The Morgan fingerprint density at radius 3 is 2.94 bits per heavy atom. The second-order valence-electron chi connectivity index (χ2n) is 3.85. The van der Waals surface area contributed by atoms with E-state index in [0.717, 1.165) is 24.2 Å². The van der Waals surface area contributed by atoms with E-state index in [1.807, 2.05) is 6.92 Å². The highest BCUT2D eigenvalue weighted by atomic mass is 16.2. The Labute approximate surface area is 94.3 Å². The van der Waals surface area contributed by atoms with Gasteiger partial charge in [0.15, 0.2) is 0 Å². The molecule has 0 bridgehead atoms. The fourth-order valence-corrected chi connectivity index (χ4v) is 1.81. The van der Waals surface area contributed by atoms with Crippen LogP contribution in [0.3, 0.4) is 0 Å². The number of benzene rings is 1. The van der Waals surface area contributed by atoms with Crippen LogP contribution in [0.5, 0.6) is 0 Å². The van der Waals surface area contributed by atoms with Gasteiger partial charge in [0.05, 0.1) is 23.0 Å². The number of amides is 1. The van der Waals surface area contributed by atoms with Crippen LogP contribution in [-0.4, -0.2) is 11.9 Å². The van der Waals surface area contributed by atoms with Gasteiger partial charge in [-0.3, -0.25) is 4.79 Å². The molecule has 4 nitrogen and oxygen atoms in total. The lowest BCUT2D eigenvalue weighted by atomic mass is 10.1. The molecule has 1 aromatic carbocycles. The number of carbonyl (C=O) groups is 1. The van der Waals surface area contributed by atoms with Gasteiger partial charge >= 0.3 is 0 Å². The van der Waals surface area contributed by atoms with Crippen molar-refractivity contribution in [2.24, 2.45) is 0 Å². The summed E-state index contributed by atoms with van der Waals surface area (Å²) in [4.78, 5) is 11.7. The number of hydrogen-bond donors (Lipinski definition) is 2. The van der Waals surface area contributed by atoms with Gasteiger partial charge in [-0.1, -0.05) is 13.3 Å². The van der Waals surface area contributed by atoms with Gasteiger partial charge in [-0.2, -0.15) is 5.26 Å². The predicted octanol–water partition coefficient (Wildman–Crippen LogP) is 2.09. The van der Waals surface area contributed by atoms with Gasteiger partial charge < -0.3 is 10.6 Å². The molecule has 1 aromatic rings. The molecule has 1 heterocycles. The van der Waals surface area contributed by atoms with E-state index in [9.17, 15) is 4.79 Å². The quantitative estimate of drug-likeness (QED) is 0.793. The molecule has 1 amide bonds. The lowest BCUT2D eigenvalue weighted by Gasteiger charge is -2.26. The predicted molar refractivity (Wildman–Crippen MR) is 62.1 cm³/mol. The van der Waals surface area contributed by atoms with Gasteiger partial charge in [0.1, 0.15) is 6.04 Å². The summed E-state index contributed by atoms with van der Waals surface area (Å²) in [5, 5.41) is 14.8. The van der Waals surface area contributed by atoms with Crippen LogP contribution < -0.4 is 10.6 Å². The monoisotopic (exact) mass is 215 g/mol. The van der Waals surface area contributed by atoms with E-state index < -0.39 is 0 Å². The topological polar surface area (TPSA) is 64.9 Å². The third-order valence-corrected chi connectivity index (χ3v) is 2.63. The van der Waals surface area contributed by atoms with Gasteiger partial charge in [-0.15, -0.1) is 0 Å². The summed E-state index contributed by atoms with van der Waals surface area (Å²) < 4.78 is 0. The number of nitrogens with zero attached hydrogens (tertiary/aromatic N) is 1. The molecule has 4 heteroatoms. The van der Waals surface area contributed by atoms with E-state index in [1.54, 1.807) is 18.2 Å². The van der Waals surface area contributed by atoms with Gasteiger partial charge in [0.25, 0.3) is 0 Å². The minimum absolute atomic E-state index is 0.000873. The van der Waals surface area contributed by atoms with E-state index in [4.69, 9.17) is 5.26 Å². The van der Waals surface area contributed by atoms with Crippen molar-refractivity contribution in [3.63, 3.8) is 0 Å². The van der Waals surface area contributed by atoms with E-state index in [0.29, 0.717) is 5.56 Å². The van der Waals surface area contributed by atoms with Crippen LogP contribution >= 0.6 is 0 Å². The van der Waals surface area contributed by atoms with Crippen molar-refractivity contribution in [2.45, 2.75) is 25.8 Å². The Morgan fingerprint density at radius 2 is 2.25 bits per heavy atom. The first-order chi connectivity index (χ1) is 7.74. The van der Waals surface area contributed by atoms with Crippen LogP contribution in [0.15, 0.2) is 18.2 Å². The fraction of sp³-hybridized carbons (Fsp3) is 0.333. The summed E-state index contributed by atoms with van der Waals surface area (Å²) in [6.45, 7) is 2.04. The third-order valence-electron chi connectivity index (χ3n) is 2.63. The molecule has 1 unspecified atom stereocenters. The van der Waals surface area contributed by atoms with Crippen LogP contribution in [0.25, 0.3) is 0 Å². The fourth-order valence-electron chi connectivity index (χ4n) is 1.81. The molecule has 1 atom stereocenters. The van der Waals surface area contributed by atoms with Gasteiger partial charge in [0.2, 0.25) is 5.91 Å². The van der Waals surface area contributed by atoms with Crippen molar-refractivity contribution in [2.75, 3.05) is 10.6 Å². The lowest BCUT2D eigenvalue weighted by Crippen LogP contribution is -2.38. The van der Waals surface area contributed by atoms with E-state index in [-0.39, 0.29) is 11.9 Å². The number of nitriles is 1. The molecule has 2 N–H and O–H groups in total. The van der Waals surface area contributed by atoms with Crippen LogP contribution in [0.1, 0.15) is 25.3 Å². The minimum atomic E-state index is -0.188. The molecule has 0 aromatic heterocycles. The largest absolute Gasteiger partial charge is 0.372 e. The normalized spacial score (nSPS) is 18.0. The summed E-state index contributed by atoms with van der Waals surface area (Å²) in [6.07, 6.45) is 1.74. The highest BCUT2D eigenvalue weighted by molar-refractivity contribution is 6.03. The average Bonchev–Trinajstić information content (AvgIpc) is 2.30. The van der Waals surface area contributed by atoms with E-state index in [2.05, 4.69) is 16.7 Å². The number of anilines is 2. The average molecular weight is 215 g/mol. The summed E-state index contributed by atoms with van der Waals surface area (Å²) in [7, 11) is 0. The Morgan fingerprint density at radius 1 is 1.44 bits per heavy atom. The molecule has 0 saturated heterocycles. The van der Waals surface area contributed by atoms with E-state index >= 15 is 0 Å². The van der Waals surface area contributed by atoms with Crippen LogP contribution in [-0.2, 0) is 4.79 Å². The molecule has 0 saturated carbocycles. The molecule has 1 aliphatic heterocycles. The molecule has 16 heavy (non-hydrogen) atoms. The van der Waals surface area contributed by atoms with Crippen LogP contribution in [0, 0.1) is 11.3 Å². The molecule has 0 aliphatic carbocycles. The zero-order valence-electron chi connectivity index (χ0n) is 9.08. The van der Waals surface area contributed by atoms with Gasteiger partial charge in [0, 0.05) is 0 Å². The van der Waals surface area contributed by atoms with Crippen LogP contribution in [0.4, 0.5) is 11.4 Å². The molecule has 2 rings (SSSR count). The molecule has 0 radical (unpaired) electrons. The van der Waals surface area contributed by atoms with Crippen LogP contribution in [0.2, 0.25) is 0 Å². The lowest BCUT2D eigenvalue weighted by molar-refractivity contribution is -0.117. The molecular weight excluding hydrogens is 202 g/mol. The Hall–Kier alpha value is -2.02. The maximum atomic E-state index is 11.7. The standard InChI is InChI=1S/C12H13N3O/c1-2-3-10-12(16)15-9-5-4-8(7-13)6-11(9)14-10/h4-6,10,14H,2-3H2,1H3,(H,15,16). The Balaban J connectivity index is 2.29. The van der Waals surface area contributed by atoms with Crippen molar-refractivity contribution in [1.82, 2.24) is 0 Å². The molecule has 1 aliphatic rings. The maximum absolute atomic E-state index is 11.7. The zero-order valence-corrected chi connectivity index (χ0v) is 9.08. The van der Waals surface area contributed by atoms with Gasteiger partial charge in [-0.25, -0.2) is 0 Å². The third kappa shape index (κ3) is 1.84. The van der Waals surface area contributed by atoms with Crippen molar-refractivity contribution in [3.8, 4) is 6.07 Å². The molecule has 82 valence electrons. The summed E-state index contributed by atoms with van der Waals surface area (Å²) in [5.74, 6) is -0.000873. The SMILES string of the molecule is CCCC1Nc2cc(C#N)ccc2NC1=O. The number of carbonyl (C=O) groups excluding carboxylic acids is 1. The maximum Gasteiger partial charge on any atom is 0.246 e. The molecule has 0 spiro atoms. The highest BCUT2D eigenvalue weighted by Crippen LogP contribution is 2.28. The van der Waals surface area contributed by atoms with Crippen molar-refractivity contribution >= 4 is 17.3 Å². The Kier molecular flexibility index (Phi) is 2.78. The number of rotatable bonds is 2. The smallest absolute Gasteiger partial charge is 0.246 e. The second kappa shape index (κ2) is 4.23. The van der Waals surface area contributed by atoms with Crippen molar-refractivity contribution in [1.29, 1.82) is 5.26 Å². The highest BCUT2D eigenvalue weighted by Gasteiger charge is 2.24. The summed E-state index contributed by atoms with van der Waals surface area (Å²) in [5.41, 5.74) is 2.17. The summed E-state index contributed by atoms with van der Waals surface area (Å²) in [6, 6.07) is 7.10. The first-order valence-electron chi connectivity index (χ1n) is 5.36. The minimum Gasteiger partial charge on any atom is -0.372 e. The Bertz CT molecular complexity index is 462. The first kappa shape index (κ1) is 10.5. The molecule has 0 fully saturated rings.